The van der Waals surface area contributed by atoms with Gasteiger partial charge in [0, 0.05) is 35.5 Å². The van der Waals surface area contributed by atoms with Gasteiger partial charge in [0.25, 0.3) is 0 Å². The average Bonchev–Trinajstić information content (AvgIpc) is 3.39. The maximum atomic E-state index is 13.6. The van der Waals surface area contributed by atoms with Crippen molar-refractivity contribution in [1.82, 2.24) is 9.88 Å². The van der Waals surface area contributed by atoms with Gasteiger partial charge in [0.05, 0.1) is 12.6 Å². The minimum absolute atomic E-state index is 0.00774. The Morgan fingerprint density at radius 2 is 1.63 bits per heavy atom. The predicted molar refractivity (Wildman–Crippen MR) is 156 cm³/mol. The van der Waals surface area contributed by atoms with Crippen molar-refractivity contribution in [2.24, 2.45) is 11.8 Å². The van der Waals surface area contributed by atoms with Gasteiger partial charge >= 0.3 is 12.1 Å². The monoisotopic (exact) mass is 552 g/mol. The van der Waals surface area contributed by atoms with Gasteiger partial charge in [0.2, 0.25) is 6.29 Å². The molecule has 1 saturated heterocycles. The number of para-hydroxylation sites is 1. The Hall–Kier alpha value is -4.10. The highest BCUT2D eigenvalue weighted by molar-refractivity contribution is 5.85. The SMILES string of the molecule is CCC1C(C[C@H]2c3[nH]c4ccccc4c3CCN2C(=O)OCc2ccccc2)CC(=O)OC1OCc1ccccc1. The molecule has 2 aliphatic heterocycles. The van der Waals surface area contributed by atoms with Gasteiger partial charge in [-0.3, -0.25) is 9.69 Å². The van der Waals surface area contributed by atoms with Crippen LogP contribution < -0.4 is 0 Å². The summed E-state index contributed by atoms with van der Waals surface area (Å²) < 4.78 is 17.7. The zero-order valence-corrected chi connectivity index (χ0v) is 23.3. The fourth-order valence-corrected chi connectivity index (χ4v) is 6.42. The second-order valence-electron chi connectivity index (χ2n) is 11.0. The number of hydrogen-bond donors (Lipinski definition) is 1. The molecule has 0 aliphatic carbocycles. The normalized spacial score (nSPS) is 22.3. The first-order valence-corrected chi connectivity index (χ1v) is 14.5. The lowest BCUT2D eigenvalue weighted by molar-refractivity contribution is -0.217. The van der Waals surface area contributed by atoms with Gasteiger partial charge in [-0.2, -0.15) is 0 Å². The minimum atomic E-state index is -0.629. The molecule has 7 nitrogen and oxygen atoms in total. The van der Waals surface area contributed by atoms with E-state index < -0.39 is 6.29 Å². The summed E-state index contributed by atoms with van der Waals surface area (Å²) >= 11 is 0. The van der Waals surface area contributed by atoms with Crippen molar-refractivity contribution < 1.29 is 23.8 Å². The number of H-pyrrole nitrogens is 1. The van der Waals surface area contributed by atoms with Crippen LogP contribution in [0, 0.1) is 11.8 Å². The van der Waals surface area contributed by atoms with E-state index in [0.717, 1.165) is 35.2 Å². The Morgan fingerprint density at radius 1 is 0.951 bits per heavy atom. The lowest BCUT2D eigenvalue weighted by Gasteiger charge is -2.41. The summed E-state index contributed by atoms with van der Waals surface area (Å²) in [4.78, 5) is 31.9. The number of carbonyl (C=O) groups is 2. The number of hydrogen-bond acceptors (Lipinski definition) is 5. The van der Waals surface area contributed by atoms with E-state index in [1.54, 1.807) is 0 Å². The summed E-state index contributed by atoms with van der Waals surface area (Å²) in [6.45, 7) is 3.24. The van der Waals surface area contributed by atoms with Crippen LogP contribution in [0.25, 0.3) is 10.9 Å². The molecule has 0 bridgehead atoms. The summed E-state index contributed by atoms with van der Waals surface area (Å²) in [6, 6.07) is 27.6. The Balaban J connectivity index is 1.26. The number of nitrogens with one attached hydrogen (secondary N) is 1. The van der Waals surface area contributed by atoms with Gasteiger partial charge in [0.1, 0.15) is 6.61 Å². The van der Waals surface area contributed by atoms with Crippen molar-refractivity contribution in [3.05, 3.63) is 107 Å². The van der Waals surface area contributed by atoms with E-state index in [9.17, 15) is 9.59 Å². The second kappa shape index (κ2) is 12.2. The fourth-order valence-electron chi connectivity index (χ4n) is 6.42. The molecule has 212 valence electrons. The first kappa shape index (κ1) is 27.1. The number of cyclic esters (lactones) is 1. The van der Waals surface area contributed by atoms with E-state index in [4.69, 9.17) is 14.2 Å². The number of ether oxygens (including phenoxy) is 3. The van der Waals surface area contributed by atoms with Gasteiger partial charge in [-0.1, -0.05) is 85.8 Å². The molecule has 6 rings (SSSR count). The minimum Gasteiger partial charge on any atom is -0.445 e. The first-order chi connectivity index (χ1) is 20.1. The molecule has 1 aromatic heterocycles. The topological polar surface area (TPSA) is 80.9 Å². The van der Waals surface area contributed by atoms with Crippen molar-refractivity contribution in [3.8, 4) is 0 Å². The largest absolute Gasteiger partial charge is 0.445 e. The number of fused-ring (bicyclic) bond motifs is 3. The van der Waals surface area contributed by atoms with Crippen LogP contribution in [-0.2, 0) is 38.6 Å². The maximum absolute atomic E-state index is 13.6. The number of esters is 1. The molecule has 41 heavy (non-hydrogen) atoms. The van der Waals surface area contributed by atoms with Crippen LogP contribution >= 0.6 is 0 Å². The molecule has 0 saturated carbocycles. The number of amides is 1. The maximum Gasteiger partial charge on any atom is 0.410 e. The number of carbonyl (C=O) groups excluding carboxylic acids is 2. The number of aromatic nitrogens is 1. The number of nitrogens with zero attached hydrogens (tertiary/aromatic N) is 1. The van der Waals surface area contributed by atoms with Gasteiger partial charge in [-0.05, 0) is 47.9 Å². The highest BCUT2D eigenvalue weighted by Gasteiger charge is 2.43. The number of aromatic amines is 1. The molecule has 4 atom stereocenters. The van der Waals surface area contributed by atoms with Crippen molar-refractivity contribution in [2.75, 3.05) is 6.54 Å². The molecule has 1 N–H and O–H groups in total. The molecule has 3 aromatic carbocycles. The number of rotatable bonds is 8. The third kappa shape index (κ3) is 5.86. The van der Waals surface area contributed by atoms with Crippen LogP contribution in [0.4, 0.5) is 4.79 Å². The van der Waals surface area contributed by atoms with Crippen LogP contribution in [0.5, 0.6) is 0 Å². The summed E-state index contributed by atoms with van der Waals surface area (Å²) in [7, 11) is 0. The Bertz CT molecular complexity index is 1490. The molecule has 3 heterocycles. The molecule has 1 fully saturated rings. The van der Waals surface area contributed by atoms with Crippen LogP contribution in [0.3, 0.4) is 0 Å². The Labute approximate surface area is 240 Å². The van der Waals surface area contributed by atoms with E-state index in [-0.39, 0.29) is 36.5 Å². The lowest BCUT2D eigenvalue weighted by Crippen LogP contribution is -2.45. The van der Waals surface area contributed by atoms with Gasteiger partial charge in [-0.25, -0.2) is 4.79 Å². The molecule has 1 amide bonds. The summed E-state index contributed by atoms with van der Waals surface area (Å²) in [6.07, 6.45) is 1.47. The van der Waals surface area contributed by atoms with Crippen molar-refractivity contribution in [2.45, 2.75) is 58.2 Å². The number of benzene rings is 3. The van der Waals surface area contributed by atoms with E-state index >= 15 is 0 Å². The first-order valence-electron chi connectivity index (χ1n) is 14.5. The third-order valence-electron chi connectivity index (χ3n) is 8.48. The van der Waals surface area contributed by atoms with Crippen LogP contribution in [0.2, 0.25) is 0 Å². The predicted octanol–water partition coefficient (Wildman–Crippen LogP) is 6.93. The molecular weight excluding hydrogens is 516 g/mol. The molecule has 2 aliphatic rings. The van der Waals surface area contributed by atoms with Crippen LogP contribution in [-0.4, -0.2) is 34.8 Å². The standard InChI is InChI=1S/C34H36N2O5/c1-2-26-25(20-31(37)41-33(26)39-21-23-11-5-3-6-12-23)19-30-32-28(27-15-9-10-16-29(27)35-32)17-18-36(30)34(38)40-22-24-13-7-4-8-14-24/h3-16,25-26,30,33,35H,2,17-22H2,1H3/t25?,26?,30-,33?/m0/s1. The van der Waals surface area contributed by atoms with Crippen molar-refractivity contribution in [3.63, 3.8) is 0 Å². The molecule has 7 heteroatoms. The van der Waals surface area contributed by atoms with E-state index in [1.165, 1.54) is 10.9 Å². The highest BCUT2D eigenvalue weighted by Crippen LogP contribution is 2.43. The van der Waals surface area contributed by atoms with Crippen LogP contribution in [0.15, 0.2) is 84.9 Å². The summed E-state index contributed by atoms with van der Waals surface area (Å²) in [5.41, 5.74) is 5.30. The van der Waals surface area contributed by atoms with Crippen LogP contribution in [0.1, 0.15) is 54.6 Å². The molecule has 0 radical (unpaired) electrons. The Morgan fingerprint density at radius 3 is 2.37 bits per heavy atom. The fraction of sp³-hybridized carbons (Fsp3) is 0.353. The quantitative estimate of drug-likeness (QED) is 0.240. The Kier molecular flexibility index (Phi) is 8.05. The van der Waals surface area contributed by atoms with Crippen molar-refractivity contribution >= 4 is 23.0 Å². The van der Waals surface area contributed by atoms with Gasteiger partial charge in [-0.15, -0.1) is 0 Å². The highest BCUT2D eigenvalue weighted by atomic mass is 16.7. The molecule has 4 aromatic rings. The van der Waals surface area contributed by atoms with E-state index in [1.807, 2.05) is 77.7 Å². The van der Waals surface area contributed by atoms with Gasteiger partial charge in [0.15, 0.2) is 0 Å². The zero-order valence-electron chi connectivity index (χ0n) is 23.3. The molecule has 0 spiro atoms. The lowest BCUT2D eigenvalue weighted by atomic mass is 9.78. The molecular formula is C34H36N2O5. The average molecular weight is 553 g/mol. The smallest absolute Gasteiger partial charge is 0.410 e. The van der Waals surface area contributed by atoms with Crippen molar-refractivity contribution in [1.29, 1.82) is 0 Å². The second-order valence-corrected chi connectivity index (χ2v) is 11.0. The van der Waals surface area contributed by atoms with E-state index in [0.29, 0.717) is 26.0 Å². The third-order valence-corrected chi connectivity index (χ3v) is 8.48. The zero-order chi connectivity index (χ0) is 28.2. The van der Waals surface area contributed by atoms with E-state index in [2.05, 4.69) is 24.0 Å². The summed E-state index contributed by atoms with van der Waals surface area (Å²) in [5, 5.41) is 1.18. The van der Waals surface area contributed by atoms with Gasteiger partial charge < -0.3 is 19.2 Å². The summed E-state index contributed by atoms with van der Waals surface area (Å²) in [5.74, 6) is -0.272. The molecule has 3 unspecified atom stereocenters.